The molecule has 2 aliphatic heterocycles. The average molecular weight is 337 g/mol. The lowest BCUT2D eigenvalue weighted by Crippen LogP contribution is -2.44. The second-order valence-corrected chi connectivity index (χ2v) is 6.33. The van der Waals surface area contributed by atoms with Crippen molar-refractivity contribution in [1.29, 1.82) is 0 Å². The molecule has 2 aliphatic rings. The van der Waals surface area contributed by atoms with Crippen LogP contribution < -0.4 is 9.64 Å². The maximum Gasteiger partial charge on any atom is 0.335 e. The van der Waals surface area contributed by atoms with Gasteiger partial charge in [0.1, 0.15) is 11.4 Å². The van der Waals surface area contributed by atoms with Gasteiger partial charge in [0.15, 0.2) is 5.75 Å². The largest absolute Gasteiger partial charge is 0.478 e. The van der Waals surface area contributed by atoms with Gasteiger partial charge in [-0.3, -0.25) is 4.99 Å². The lowest BCUT2D eigenvalue weighted by atomic mass is 10.1. The molecule has 1 fully saturated rings. The normalized spacial score (nSPS) is 16.6. The molecule has 0 radical (unpaired) electrons. The first-order chi connectivity index (χ1) is 12.1. The number of aromatic carboxylic acids is 1. The van der Waals surface area contributed by atoms with Crippen molar-refractivity contribution in [3.63, 3.8) is 0 Å². The van der Waals surface area contributed by atoms with Gasteiger partial charge in [-0.1, -0.05) is 6.07 Å². The predicted molar refractivity (Wildman–Crippen MR) is 96.9 cm³/mol. The summed E-state index contributed by atoms with van der Waals surface area (Å²) in [5.41, 5.74) is 2.76. The number of benzene rings is 2. The van der Waals surface area contributed by atoms with E-state index in [2.05, 4.69) is 27.9 Å². The first kappa shape index (κ1) is 15.7. The fraction of sp³-hybridized carbons (Fsp3) is 0.263. The molecule has 1 saturated heterocycles. The van der Waals surface area contributed by atoms with Gasteiger partial charge in [-0.05, 0) is 37.4 Å². The van der Waals surface area contributed by atoms with E-state index in [4.69, 9.17) is 9.84 Å². The number of piperazine rings is 1. The van der Waals surface area contributed by atoms with Gasteiger partial charge < -0.3 is 19.6 Å². The van der Waals surface area contributed by atoms with Gasteiger partial charge >= 0.3 is 5.97 Å². The zero-order valence-corrected chi connectivity index (χ0v) is 14.0. The molecule has 128 valence electrons. The lowest BCUT2D eigenvalue weighted by Gasteiger charge is -2.35. The predicted octanol–water partition coefficient (Wildman–Crippen LogP) is 2.99. The third-order valence-electron chi connectivity index (χ3n) is 4.65. The molecule has 4 rings (SSSR count). The summed E-state index contributed by atoms with van der Waals surface area (Å²) in [7, 11) is 2.13. The van der Waals surface area contributed by atoms with Gasteiger partial charge in [-0.15, -0.1) is 0 Å². The van der Waals surface area contributed by atoms with Gasteiger partial charge in [-0.2, -0.15) is 0 Å². The standard InChI is InChI=1S/C19H19N3O3/c1-21-7-9-22(10-8-21)16-3-2-4-17-14(16)12-20-15-11-13(19(23)24)5-6-18(15)25-17/h2-6,11-12H,7-10H2,1H3,(H,23,24). The number of ether oxygens (including phenoxy) is 1. The highest BCUT2D eigenvalue weighted by Crippen LogP contribution is 2.39. The second kappa shape index (κ2) is 6.22. The van der Waals surface area contributed by atoms with Crippen LogP contribution in [0, 0.1) is 0 Å². The quantitative estimate of drug-likeness (QED) is 0.779. The van der Waals surface area contributed by atoms with Crippen molar-refractivity contribution < 1.29 is 14.6 Å². The zero-order chi connectivity index (χ0) is 17.4. The van der Waals surface area contributed by atoms with E-state index < -0.39 is 5.97 Å². The first-order valence-corrected chi connectivity index (χ1v) is 8.27. The summed E-state index contributed by atoms with van der Waals surface area (Å²) in [4.78, 5) is 20.3. The number of aliphatic imine (C=N–C) groups is 1. The van der Waals surface area contributed by atoms with E-state index in [1.165, 1.54) is 12.1 Å². The maximum absolute atomic E-state index is 11.2. The van der Waals surface area contributed by atoms with E-state index >= 15 is 0 Å². The SMILES string of the molecule is CN1CCN(c2cccc3c2C=Nc2cc(C(=O)O)ccc2O3)CC1. The highest BCUT2D eigenvalue weighted by atomic mass is 16.5. The Labute approximate surface area is 146 Å². The van der Waals surface area contributed by atoms with E-state index in [1.807, 2.05) is 12.1 Å². The number of hydrogen-bond donors (Lipinski definition) is 1. The Morgan fingerprint density at radius 1 is 1.12 bits per heavy atom. The summed E-state index contributed by atoms with van der Waals surface area (Å²) in [5, 5.41) is 9.16. The molecule has 1 N–H and O–H groups in total. The van der Waals surface area contributed by atoms with Crippen LogP contribution in [0.1, 0.15) is 15.9 Å². The summed E-state index contributed by atoms with van der Waals surface area (Å²) in [6.45, 7) is 3.95. The average Bonchev–Trinajstić information content (AvgIpc) is 2.80. The highest BCUT2D eigenvalue weighted by Gasteiger charge is 2.21. The third kappa shape index (κ3) is 2.96. The molecule has 0 unspecified atom stereocenters. The Morgan fingerprint density at radius 3 is 2.68 bits per heavy atom. The van der Waals surface area contributed by atoms with Crippen molar-refractivity contribution in [1.82, 2.24) is 4.90 Å². The van der Waals surface area contributed by atoms with Crippen LogP contribution in [0.15, 0.2) is 41.4 Å². The molecule has 2 aromatic carbocycles. The summed E-state index contributed by atoms with van der Waals surface area (Å²) in [6, 6.07) is 10.7. The zero-order valence-electron chi connectivity index (χ0n) is 14.0. The monoisotopic (exact) mass is 337 g/mol. The molecular weight excluding hydrogens is 318 g/mol. The van der Waals surface area contributed by atoms with Crippen molar-refractivity contribution in [2.24, 2.45) is 4.99 Å². The van der Waals surface area contributed by atoms with E-state index in [9.17, 15) is 4.79 Å². The summed E-state index contributed by atoms with van der Waals surface area (Å²) in [6.07, 6.45) is 1.78. The highest BCUT2D eigenvalue weighted by molar-refractivity contribution is 5.96. The molecule has 0 bridgehead atoms. The Kier molecular flexibility index (Phi) is 3.89. The molecule has 0 amide bonds. The number of fused-ring (bicyclic) bond motifs is 2. The molecule has 6 nitrogen and oxygen atoms in total. The van der Waals surface area contributed by atoms with Crippen LogP contribution in [0.4, 0.5) is 11.4 Å². The number of carboxylic acid groups (broad SMARTS) is 1. The van der Waals surface area contributed by atoms with Crippen LogP contribution in [0.25, 0.3) is 0 Å². The van der Waals surface area contributed by atoms with Gasteiger partial charge in [0, 0.05) is 38.1 Å². The molecule has 0 atom stereocenters. The molecule has 25 heavy (non-hydrogen) atoms. The molecule has 2 aromatic rings. The van der Waals surface area contributed by atoms with Crippen LogP contribution in [0.2, 0.25) is 0 Å². The van der Waals surface area contributed by atoms with Crippen LogP contribution in [-0.2, 0) is 0 Å². The molecule has 0 aromatic heterocycles. The first-order valence-electron chi connectivity index (χ1n) is 8.27. The minimum Gasteiger partial charge on any atom is -0.478 e. The number of carbonyl (C=O) groups is 1. The summed E-state index contributed by atoms with van der Waals surface area (Å²) in [5.74, 6) is 0.329. The molecule has 6 heteroatoms. The number of hydrogen-bond acceptors (Lipinski definition) is 5. The van der Waals surface area contributed by atoms with Gasteiger partial charge in [0.25, 0.3) is 0 Å². The smallest absolute Gasteiger partial charge is 0.335 e. The maximum atomic E-state index is 11.2. The fourth-order valence-corrected chi connectivity index (χ4v) is 3.16. The summed E-state index contributed by atoms with van der Waals surface area (Å²) < 4.78 is 6.03. The van der Waals surface area contributed by atoms with Gasteiger partial charge in [-0.25, -0.2) is 4.79 Å². The van der Waals surface area contributed by atoms with E-state index in [0.717, 1.165) is 43.2 Å². The fourth-order valence-electron chi connectivity index (χ4n) is 3.16. The van der Waals surface area contributed by atoms with Gasteiger partial charge in [0.2, 0.25) is 0 Å². The number of rotatable bonds is 2. The van der Waals surface area contributed by atoms with E-state index in [0.29, 0.717) is 11.4 Å². The number of likely N-dealkylation sites (N-methyl/N-ethyl adjacent to an activating group) is 1. The van der Waals surface area contributed by atoms with E-state index in [1.54, 1.807) is 12.3 Å². The van der Waals surface area contributed by atoms with Crippen molar-refractivity contribution >= 4 is 23.6 Å². The van der Waals surface area contributed by atoms with Crippen LogP contribution in [0.5, 0.6) is 11.5 Å². The minimum atomic E-state index is -0.974. The van der Waals surface area contributed by atoms with E-state index in [-0.39, 0.29) is 5.56 Å². The number of nitrogens with zero attached hydrogens (tertiary/aromatic N) is 3. The van der Waals surface area contributed by atoms with Crippen molar-refractivity contribution in [2.75, 3.05) is 38.1 Å². The molecule has 2 heterocycles. The Hall–Kier alpha value is -2.86. The Balaban J connectivity index is 1.72. The summed E-state index contributed by atoms with van der Waals surface area (Å²) >= 11 is 0. The van der Waals surface area contributed by atoms with Crippen molar-refractivity contribution in [2.45, 2.75) is 0 Å². The van der Waals surface area contributed by atoms with Crippen molar-refractivity contribution in [3.8, 4) is 11.5 Å². The molecule has 0 saturated carbocycles. The molecule has 0 aliphatic carbocycles. The topological polar surface area (TPSA) is 65.4 Å². The Morgan fingerprint density at radius 2 is 1.92 bits per heavy atom. The van der Waals surface area contributed by atoms with Crippen LogP contribution in [-0.4, -0.2) is 55.4 Å². The number of carboxylic acids is 1. The van der Waals surface area contributed by atoms with Crippen LogP contribution >= 0.6 is 0 Å². The van der Waals surface area contributed by atoms with Crippen molar-refractivity contribution in [3.05, 3.63) is 47.5 Å². The van der Waals surface area contributed by atoms with Crippen LogP contribution in [0.3, 0.4) is 0 Å². The lowest BCUT2D eigenvalue weighted by molar-refractivity contribution is 0.0697. The Bertz CT molecular complexity index is 855. The number of anilines is 1. The second-order valence-electron chi connectivity index (χ2n) is 6.33. The third-order valence-corrected chi connectivity index (χ3v) is 4.65. The molecular formula is C19H19N3O3. The van der Waals surface area contributed by atoms with Gasteiger partial charge in [0.05, 0.1) is 11.1 Å². The minimum absolute atomic E-state index is 0.199. The molecule has 0 spiro atoms.